The van der Waals surface area contributed by atoms with Crippen molar-refractivity contribution in [3.8, 4) is 0 Å². The van der Waals surface area contributed by atoms with Gasteiger partial charge >= 0.3 is 0 Å². The van der Waals surface area contributed by atoms with Crippen LogP contribution in [0.15, 0.2) is 12.7 Å². The second-order valence-corrected chi connectivity index (χ2v) is 3.77. The highest BCUT2D eigenvalue weighted by Gasteiger charge is 2.44. The third-order valence-electron chi connectivity index (χ3n) is 2.53. The van der Waals surface area contributed by atoms with E-state index in [1.807, 2.05) is 0 Å². The lowest BCUT2D eigenvalue weighted by atomic mass is 9.99. The Morgan fingerprint density at radius 3 is 2.44 bits per heavy atom. The monoisotopic (exact) mass is 234 g/mol. The first kappa shape index (κ1) is 13.6. The Morgan fingerprint density at radius 2 is 1.94 bits per heavy atom. The predicted molar refractivity (Wildman–Crippen MR) is 54.5 cm³/mol. The number of hydrogen-bond donors (Lipinski definition) is 4. The highest BCUT2D eigenvalue weighted by molar-refractivity contribution is 4.90. The molecule has 6 atom stereocenters. The van der Waals surface area contributed by atoms with Gasteiger partial charge in [0.2, 0.25) is 0 Å². The average Bonchev–Trinajstić information content (AvgIpc) is 2.29. The summed E-state index contributed by atoms with van der Waals surface area (Å²) in [6.07, 6.45) is -5.04. The van der Waals surface area contributed by atoms with Crippen molar-refractivity contribution in [2.45, 2.75) is 43.7 Å². The van der Waals surface area contributed by atoms with Gasteiger partial charge in [-0.2, -0.15) is 0 Å². The Hall–Kier alpha value is -0.500. The van der Waals surface area contributed by atoms with E-state index in [2.05, 4.69) is 6.58 Å². The number of hydrogen-bond acceptors (Lipinski definition) is 6. The van der Waals surface area contributed by atoms with Crippen LogP contribution in [-0.2, 0) is 9.47 Å². The number of rotatable bonds is 4. The van der Waals surface area contributed by atoms with E-state index in [1.54, 1.807) is 6.92 Å². The molecule has 1 fully saturated rings. The minimum atomic E-state index is -1.41. The topological polar surface area (TPSA) is 99.4 Å². The molecule has 0 unspecified atom stereocenters. The van der Waals surface area contributed by atoms with Gasteiger partial charge in [0.1, 0.15) is 24.4 Å². The molecule has 0 aliphatic carbocycles. The molecular weight excluding hydrogens is 216 g/mol. The summed E-state index contributed by atoms with van der Waals surface area (Å²) >= 11 is 0. The number of aliphatic hydroxyl groups is 4. The van der Waals surface area contributed by atoms with Crippen molar-refractivity contribution in [3.63, 3.8) is 0 Å². The van der Waals surface area contributed by atoms with E-state index in [-0.39, 0.29) is 6.10 Å². The van der Waals surface area contributed by atoms with E-state index in [0.717, 1.165) is 0 Å². The summed E-state index contributed by atoms with van der Waals surface area (Å²) in [5, 5.41) is 37.5. The minimum Gasteiger partial charge on any atom is -0.394 e. The summed E-state index contributed by atoms with van der Waals surface area (Å²) in [5.74, 6) is 0. The fourth-order valence-corrected chi connectivity index (χ4v) is 1.45. The molecule has 0 saturated carbocycles. The molecule has 1 rings (SSSR count). The molecule has 0 aromatic rings. The molecule has 6 heteroatoms. The van der Waals surface area contributed by atoms with Crippen LogP contribution < -0.4 is 0 Å². The van der Waals surface area contributed by atoms with Gasteiger partial charge in [0.05, 0.1) is 12.7 Å². The van der Waals surface area contributed by atoms with Gasteiger partial charge in [-0.15, -0.1) is 6.58 Å². The Morgan fingerprint density at radius 1 is 1.31 bits per heavy atom. The third kappa shape index (κ3) is 2.79. The Balaban J connectivity index is 2.66. The summed E-state index contributed by atoms with van der Waals surface area (Å²) in [6, 6.07) is 0. The maximum absolute atomic E-state index is 9.59. The maximum Gasteiger partial charge on any atom is 0.187 e. The van der Waals surface area contributed by atoms with Crippen molar-refractivity contribution >= 4 is 0 Å². The molecule has 1 aliphatic rings. The minimum absolute atomic E-state index is 0.374. The van der Waals surface area contributed by atoms with Crippen molar-refractivity contribution in [2.75, 3.05) is 6.61 Å². The first-order chi connectivity index (χ1) is 7.51. The van der Waals surface area contributed by atoms with E-state index in [4.69, 9.17) is 14.6 Å². The highest BCUT2D eigenvalue weighted by atomic mass is 16.7. The van der Waals surface area contributed by atoms with Gasteiger partial charge in [-0.05, 0) is 6.92 Å². The second-order valence-electron chi connectivity index (χ2n) is 3.77. The van der Waals surface area contributed by atoms with Gasteiger partial charge in [-0.25, -0.2) is 0 Å². The van der Waals surface area contributed by atoms with E-state index >= 15 is 0 Å². The lowest BCUT2D eigenvalue weighted by Gasteiger charge is -2.40. The first-order valence-corrected chi connectivity index (χ1v) is 5.09. The summed E-state index contributed by atoms with van der Waals surface area (Å²) in [4.78, 5) is 0. The zero-order valence-electron chi connectivity index (χ0n) is 9.06. The smallest absolute Gasteiger partial charge is 0.187 e. The molecule has 1 aliphatic heterocycles. The third-order valence-corrected chi connectivity index (χ3v) is 2.53. The van der Waals surface area contributed by atoms with Crippen LogP contribution in [0.3, 0.4) is 0 Å². The molecule has 4 N–H and O–H groups in total. The van der Waals surface area contributed by atoms with Crippen LogP contribution in [0.4, 0.5) is 0 Å². The molecule has 0 spiro atoms. The van der Waals surface area contributed by atoms with Crippen LogP contribution in [0.2, 0.25) is 0 Å². The zero-order chi connectivity index (χ0) is 12.3. The zero-order valence-corrected chi connectivity index (χ0v) is 9.06. The van der Waals surface area contributed by atoms with Crippen LogP contribution in [0.5, 0.6) is 0 Å². The van der Waals surface area contributed by atoms with E-state index in [9.17, 15) is 15.3 Å². The van der Waals surface area contributed by atoms with Crippen molar-refractivity contribution < 1.29 is 29.9 Å². The lowest BCUT2D eigenvalue weighted by Crippen LogP contribution is -2.59. The molecule has 6 nitrogen and oxygen atoms in total. The molecule has 0 bridgehead atoms. The SMILES string of the molecule is C=C[C@H](C)O[C@@H]1O[C@H](CO)[C@H](O)[C@H](O)[C@H]1O. The molecule has 16 heavy (non-hydrogen) atoms. The molecule has 94 valence electrons. The lowest BCUT2D eigenvalue weighted by molar-refractivity contribution is -0.306. The fourth-order valence-electron chi connectivity index (χ4n) is 1.45. The second kappa shape index (κ2) is 5.72. The summed E-state index contributed by atoms with van der Waals surface area (Å²) < 4.78 is 10.4. The molecule has 1 saturated heterocycles. The maximum atomic E-state index is 9.59. The van der Waals surface area contributed by atoms with Crippen molar-refractivity contribution in [2.24, 2.45) is 0 Å². The van der Waals surface area contributed by atoms with Gasteiger partial charge in [0, 0.05) is 0 Å². The molecule has 0 aromatic heterocycles. The first-order valence-electron chi connectivity index (χ1n) is 5.09. The quantitative estimate of drug-likeness (QED) is 0.436. The normalized spacial score (nSPS) is 41.7. The molecule has 0 aromatic carbocycles. The predicted octanol–water partition coefficient (Wildman–Crippen LogP) is -1.62. The van der Waals surface area contributed by atoms with Gasteiger partial charge in [0.25, 0.3) is 0 Å². The number of ether oxygens (including phenoxy) is 2. The molecule has 0 radical (unpaired) electrons. The average molecular weight is 234 g/mol. The highest BCUT2D eigenvalue weighted by Crippen LogP contribution is 2.22. The van der Waals surface area contributed by atoms with E-state index < -0.39 is 37.3 Å². The largest absolute Gasteiger partial charge is 0.394 e. The van der Waals surface area contributed by atoms with Crippen LogP contribution in [0.1, 0.15) is 6.92 Å². The molecule has 0 amide bonds. The van der Waals surface area contributed by atoms with Gasteiger partial charge in [0.15, 0.2) is 6.29 Å². The number of aliphatic hydroxyl groups excluding tert-OH is 4. The van der Waals surface area contributed by atoms with Crippen molar-refractivity contribution in [1.82, 2.24) is 0 Å². The summed E-state index contributed by atoms with van der Waals surface area (Å²) in [6.45, 7) is 4.72. The van der Waals surface area contributed by atoms with E-state index in [0.29, 0.717) is 0 Å². The Labute approximate surface area is 93.7 Å². The van der Waals surface area contributed by atoms with Gasteiger partial charge in [-0.3, -0.25) is 0 Å². The molecular formula is C10H18O6. The van der Waals surface area contributed by atoms with Crippen molar-refractivity contribution in [3.05, 3.63) is 12.7 Å². The standard InChI is InChI=1S/C10H18O6/c1-3-5(2)15-10-9(14)8(13)7(12)6(4-11)16-10/h3,5-14H,1,4H2,2H3/t5-,6+,7-,8-,9+,10+/m0/s1. The fraction of sp³-hybridized carbons (Fsp3) is 0.800. The Bertz CT molecular complexity index is 231. The van der Waals surface area contributed by atoms with Crippen LogP contribution in [0.25, 0.3) is 0 Å². The van der Waals surface area contributed by atoms with E-state index in [1.165, 1.54) is 6.08 Å². The van der Waals surface area contributed by atoms with Gasteiger partial charge in [-0.1, -0.05) is 6.08 Å². The van der Waals surface area contributed by atoms with Crippen LogP contribution >= 0.6 is 0 Å². The summed E-state index contributed by atoms with van der Waals surface area (Å²) in [7, 11) is 0. The van der Waals surface area contributed by atoms with Gasteiger partial charge < -0.3 is 29.9 Å². The molecule has 1 heterocycles. The Kier molecular flexibility index (Phi) is 4.85. The summed E-state index contributed by atoms with van der Waals surface area (Å²) in [5.41, 5.74) is 0. The van der Waals surface area contributed by atoms with Crippen molar-refractivity contribution in [1.29, 1.82) is 0 Å². The van der Waals surface area contributed by atoms with Crippen LogP contribution in [0, 0.1) is 0 Å². The van der Waals surface area contributed by atoms with Crippen LogP contribution in [-0.4, -0.2) is 63.8 Å².